The van der Waals surface area contributed by atoms with Crippen LogP contribution in [0.1, 0.15) is 16.9 Å². The van der Waals surface area contributed by atoms with E-state index in [0.29, 0.717) is 5.82 Å². The van der Waals surface area contributed by atoms with Gasteiger partial charge in [-0.25, -0.2) is 19.3 Å². The predicted molar refractivity (Wildman–Crippen MR) is 77.0 cm³/mol. The van der Waals surface area contributed by atoms with E-state index in [1.165, 1.54) is 22.7 Å². The van der Waals surface area contributed by atoms with Crippen molar-refractivity contribution < 1.29 is 4.39 Å². The minimum Gasteiger partial charge on any atom is -0.383 e. The molecule has 4 nitrogen and oxygen atoms in total. The minimum atomic E-state index is -0.435. The number of hydrogen-bond acceptors (Lipinski definition) is 5. The van der Waals surface area contributed by atoms with Crippen molar-refractivity contribution in [1.29, 1.82) is 0 Å². The van der Waals surface area contributed by atoms with Gasteiger partial charge in [0.05, 0.1) is 5.39 Å². The van der Waals surface area contributed by atoms with Crippen LogP contribution >= 0.6 is 11.3 Å². The number of aryl methyl sites for hydroxylation is 2. The van der Waals surface area contributed by atoms with Crippen molar-refractivity contribution in [3.05, 3.63) is 34.6 Å². The molecular formula is C14H11FN4S. The first-order valence-electron chi connectivity index (χ1n) is 6.42. The van der Waals surface area contributed by atoms with Gasteiger partial charge in [0.2, 0.25) is 0 Å². The van der Waals surface area contributed by atoms with E-state index < -0.39 is 5.82 Å². The van der Waals surface area contributed by atoms with Gasteiger partial charge in [-0.15, -0.1) is 11.3 Å². The molecule has 3 heterocycles. The van der Waals surface area contributed by atoms with Crippen molar-refractivity contribution in [2.45, 2.75) is 19.3 Å². The van der Waals surface area contributed by atoms with E-state index in [2.05, 4.69) is 15.0 Å². The van der Waals surface area contributed by atoms with E-state index in [1.807, 2.05) is 0 Å². The van der Waals surface area contributed by atoms with Crippen molar-refractivity contribution in [2.75, 3.05) is 5.73 Å². The summed E-state index contributed by atoms with van der Waals surface area (Å²) >= 11 is 1.63. The molecule has 0 fully saturated rings. The van der Waals surface area contributed by atoms with E-state index in [4.69, 9.17) is 5.73 Å². The lowest BCUT2D eigenvalue weighted by Gasteiger charge is -2.04. The van der Waals surface area contributed by atoms with E-state index >= 15 is 0 Å². The van der Waals surface area contributed by atoms with Gasteiger partial charge in [-0.3, -0.25) is 0 Å². The molecule has 0 unspecified atom stereocenters. The highest BCUT2D eigenvalue weighted by atomic mass is 32.1. The van der Waals surface area contributed by atoms with Crippen molar-refractivity contribution in [1.82, 2.24) is 15.0 Å². The second-order valence-corrected chi connectivity index (χ2v) is 5.89. The van der Waals surface area contributed by atoms with Crippen LogP contribution in [0.4, 0.5) is 10.2 Å². The fourth-order valence-corrected chi connectivity index (χ4v) is 3.95. The number of aromatic nitrogens is 3. The molecule has 0 radical (unpaired) electrons. The second-order valence-electron chi connectivity index (χ2n) is 4.80. The lowest BCUT2D eigenvalue weighted by Crippen LogP contribution is -2.00. The maximum atomic E-state index is 13.8. The molecule has 4 rings (SSSR count). The maximum absolute atomic E-state index is 13.8. The fraction of sp³-hybridized carbons (Fsp3) is 0.214. The molecule has 20 heavy (non-hydrogen) atoms. The molecule has 0 aromatic carbocycles. The summed E-state index contributed by atoms with van der Waals surface area (Å²) in [7, 11) is 0. The van der Waals surface area contributed by atoms with Crippen molar-refractivity contribution in [2.24, 2.45) is 0 Å². The third kappa shape index (κ3) is 1.61. The number of rotatable bonds is 1. The SMILES string of the molecule is Nc1nc(-c2ncccc2F)nc2sc3c(c12)CCC3. The van der Waals surface area contributed by atoms with Crippen LogP contribution in [0.25, 0.3) is 21.7 Å². The van der Waals surface area contributed by atoms with E-state index in [9.17, 15) is 4.39 Å². The smallest absolute Gasteiger partial charge is 0.184 e. The Morgan fingerprint density at radius 2 is 2.15 bits per heavy atom. The van der Waals surface area contributed by atoms with Crippen LogP contribution in [-0.2, 0) is 12.8 Å². The Labute approximate surface area is 118 Å². The van der Waals surface area contributed by atoms with Gasteiger partial charge in [0, 0.05) is 11.1 Å². The second kappa shape index (κ2) is 4.21. The maximum Gasteiger partial charge on any atom is 0.184 e. The summed E-state index contributed by atoms with van der Waals surface area (Å²) < 4.78 is 13.8. The summed E-state index contributed by atoms with van der Waals surface area (Å²) in [6.45, 7) is 0. The molecule has 0 saturated carbocycles. The van der Waals surface area contributed by atoms with Crippen LogP contribution in [0.2, 0.25) is 0 Å². The van der Waals surface area contributed by atoms with Crippen LogP contribution in [0.15, 0.2) is 18.3 Å². The Kier molecular flexibility index (Phi) is 2.47. The molecule has 6 heteroatoms. The highest BCUT2D eigenvalue weighted by Gasteiger charge is 2.22. The number of nitrogens with zero attached hydrogens (tertiary/aromatic N) is 3. The first-order valence-corrected chi connectivity index (χ1v) is 7.24. The number of thiophene rings is 1. The lowest BCUT2D eigenvalue weighted by molar-refractivity contribution is 0.624. The van der Waals surface area contributed by atoms with Crippen LogP contribution in [-0.4, -0.2) is 15.0 Å². The Hall–Kier alpha value is -2.08. The summed E-state index contributed by atoms with van der Waals surface area (Å²) in [6, 6.07) is 2.89. The minimum absolute atomic E-state index is 0.148. The van der Waals surface area contributed by atoms with E-state index in [1.54, 1.807) is 17.4 Å². The largest absolute Gasteiger partial charge is 0.383 e. The van der Waals surface area contributed by atoms with Gasteiger partial charge in [0.25, 0.3) is 0 Å². The average molecular weight is 286 g/mol. The Balaban J connectivity index is 1.98. The molecule has 100 valence electrons. The first-order chi connectivity index (χ1) is 9.74. The Morgan fingerprint density at radius 3 is 3.00 bits per heavy atom. The summed E-state index contributed by atoms with van der Waals surface area (Å²) in [4.78, 5) is 14.9. The van der Waals surface area contributed by atoms with Crippen LogP contribution < -0.4 is 5.73 Å². The van der Waals surface area contributed by atoms with Crippen molar-refractivity contribution >= 4 is 27.4 Å². The zero-order valence-corrected chi connectivity index (χ0v) is 11.4. The monoisotopic (exact) mass is 286 g/mol. The summed E-state index contributed by atoms with van der Waals surface area (Å²) in [5.41, 5.74) is 7.49. The topological polar surface area (TPSA) is 64.7 Å². The van der Waals surface area contributed by atoms with Gasteiger partial charge < -0.3 is 5.73 Å². The number of pyridine rings is 1. The van der Waals surface area contributed by atoms with Crippen LogP contribution in [0.5, 0.6) is 0 Å². The zero-order valence-electron chi connectivity index (χ0n) is 10.6. The van der Waals surface area contributed by atoms with E-state index in [0.717, 1.165) is 29.5 Å². The number of anilines is 1. The molecule has 3 aromatic heterocycles. The quantitative estimate of drug-likeness (QED) is 0.747. The number of halogens is 1. The normalized spacial score (nSPS) is 13.8. The molecule has 0 saturated heterocycles. The molecule has 2 N–H and O–H groups in total. The van der Waals surface area contributed by atoms with Gasteiger partial charge in [-0.2, -0.15) is 0 Å². The number of nitrogens with two attached hydrogens (primary N) is 1. The molecular weight excluding hydrogens is 275 g/mol. The molecule has 3 aromatic rings. The lowest BCUT2D eigenvalue weighted by atomic mass is 10.2. The summed E-state index contributed by atoms with van der Waals surface area (Å²) in [5, 5.41) is 0.947. The molecule has 1 aliphatic carbocycles. The zero-order chi connectivity index (χ0) is 13.7. The third-order valence-corrected chi connectivity index (χ3v) is 4.75. The summed E-state index contributed by atoms with van der Waals surface area (Å²) in [5.74, 6) is 0.248. The van der Waals surface area contributed by atoms with Crippen molar-refractivity contribution in [3.8, 4) is 11.5 Å². The molecule has 0 atom stereocenters. The standard InChI is InChI=1S/C14H11FN4S/c15-8-4-2-6-17-11(8)13-18-12(16)10-7-3-1-5-9(7)20-14(10)19-13/h2,4,6H,1,3,5H2,(H2,16,18,19). The van der Waals surface area contributed by atoms with Gasteiger partial charge in [0.15, 0.2) is 11.6 Å². The van der Waals surface area contributed by atoms with E-state index in [-0.39, 0.29) is 11.5 Å². The van der Waals surface area contributed by atoms with Gasteiger partial charge in [0.1, 0.15) is 16.3 Å². The Bertz CT molecular complexity index is 827. The third-order valence-electron chi connectivity index (χ3n) is 3.56. The summed E-state index contributed by atoms with van der Waals surface area (Å²) in [6.07, 6.45) is 4.78. The number of fused-ring (bicyclic) bond motifs is 3. The number of nitrogen functional groups attached to an aromatic ring is 1. The molecule has 0 aliphatic heterocycles. The Morgan fingerprint density at radius 1 is 1.25 bits per heavy atom. The molecule has 0 spiro atoms. The highest BCUT2D eigenvalue weighted by Crippen LogP contribution is 2.39. The van der Waals surface area contributed by atoms with Crippen LogP contribution in [0, 0.1) is 5.82 Å². The van der Waals surface area contributed by atoms with Crippen LogP contribution in [0.3, 0.4) is 0 Å². The highest BCUT2D eigenvalue weighted by molar-refractivity contribution is 7.19. The molecule has 0 bridgehead atoms. The van der Waals surface area contributed by atoms with Gasteiger partial charge >= 0.3 is 0 Å². The van der Waals surface area contributed by atoms with Gasteiger partial charge in [-0.1, -0.05) is 0 Å². The predicted octanol–water partition coefficient (Wildman–Crippen LogP) is 2.96. The average Bonchev–Trinajstić information content (AvgIpc) is 2.98. The fourth-order valence-electron chi connectivity index (χ4n) is 2.68. The first kappa shape index (κ1) is 11.7. The van der Waals surface area contributed by atoms with Gasteiger partial charge in [-0.05, 0) is 37.0 Å². The number of hydrogen-bond donors (Lipinski definition) is 1. The molecule has 0 amide bonds. The molecule has 1 aliphatic rings. The van der Waals surface area contributed by atoms with Crippen molar-refractivity contribution in [3.63, 3.8) is 0 Å².